The predicted octanol–water partition coefficient (Wildman–Crippen LogP) is 2.71. The van der Waals surface area contributed by atoms with Gasteiger partial charge in [-0.2, -0.15) is 10.4 Å². The highest BCUT2D eigenvalue weighted by Gasteiger charge is 2.41. The fourth-order valence-electron chi connectivity index (χ4n) is 3.75. The number of halogens is 1. The molecule has 1 fully saturated rings. The fourth-order valence-corrected chi connectivity index (χ4v) is 3.75. The molecule has 2 amide bonds. The number of carboxylic acid groups (broad SMARTS) is 1. The van der Waals surface area contributed by atoms with Crippen LogP contribution in [0.1, 0.15) is 36.2 Å². The second-order valence-electron chi connectivity index (χ2n) is 6.83. The molecule has 1 unspecified atom stereocenters. The van der Waals surface area contributed by atoms with Crippen LogP contribution in [0.2, 0.25) is 0 Å². The van der Waals surface area contributed by atoms with E-state index >= 15 is 0 Å². The molecule has 9 nitrogen and oxygen atoms in total. The van der Waals surface area contributed by atoms with Crippen molar-refractivity contribution in [3.63, 3.8) is 0 Å². The monoisotopic (exact) mass is 400 g/mol. The van der Waals surface area contributed by atoms with Gasteiger partial charge in [0.2, 0.25) is 0 Å². The Balaban J connectivity index is 1.94. The molecule has 3 rings (SSSR count). The van der Waals surface area contributed by atoms with Gasteiger partial charge in [0, 0.05) is 18.4 Å². The summed E-state index contributed by atoms with van der Waals surface area (Å²) in [5, 5.41) is 26.5. The van der Waals surface area contributed by atoms with Gasteiger partial charge in [-0.15, -0.1) is 0 Å². The third-order valence-corrected chi connectivity index (χ3v) is 5.15. The maximum Gasteiger partial charge on any atom is 0.407 e. The summed E-state index contributed by atoms with van der Waals surface area (Å²) in [5.74, 6) is -1.55. The molecule has 0 saturated carbocycles. The normalized spacial score (nSPS) is 21.4. The minimum atomic E-state index is -1.06. The Bertz CT molecular complexity index is 952. The number of nitrogens with zero attached hydrogens (tertiary/aromatic N) is 4. The Morgan fingerprint density at radius 3 is 2.66 bits per heavy atom. The highest BCUT2D eigenvalue weighted by atomic mass is 19.1. The van der Waals surface area contributed by atoms with Crippen molar-refractivity contribution in [1.29, 1.82) is 5.26 Å². The minimum absolute atomic E-state index is 0.125. The number of nitrogens with one attached hydrogen (secondary N) is 1. The van der Waals surface area contributed by atoms with Crippen molar-refractivity contribution in [3.05, 3.63) is 41.8 Å². The number of benzene rings is 1. The smallest absolute Gasteiger partial charge is 0.407 e. The molecule has 3 atom stereocenters. The number of primary amides is 1. The molecule has 29 heavy (non-hydrogen) atoms. The topological polar surface area (TPSA) is 137 Å². The largest absolute Gasteiger partial charge is 0.465 e. The zero-order valence-corrected chi connectivity index (χ0v) is 15.7. The van der Waals surface area contributed by atoms with E-state index in [1.807, 2.05) is 6.92 Å². The van der Waals surface area contributed by atoms with Crippen LogP contribution in [-0.2, 0) is 0 Å². The van der Waals surface area contributed by atoms with Gasteiger partial charge in [-0.1, -0.05) is 6.92 Å². The number of amides is 2. The van der Waals surface area contributed by atoms with Crippen LogP contribution in [0.4, 0.5) is 20.7 Å². The highest BCUT2D eigenvalue weighted by Crippen LogP contribution is 2.35. The number of hydrogen-bond donors (Lipinski definition) is 3. The van der Waals surface area contributed by atoms with Crippen molar-refractivity contribution < 1.29 is 19.1 Å². The van der Waals surface area contributed by atoms with Crippen molar-refractivity contribution in [2.75, 3.05) is 11.9 Å². The number of aromatic nitrogens is 2. The molecule has 1 aliphatic rings. The number of carbonyl (C=O) groups is 2. The first kappa shape index (κ1) is 20.1. The van der Waals surface area contributed by atoms with Crippen LogP contribution in [0.25, 0.3) is 0 Å². The van der Waals surface area contributed by atoms with E-state index in [9.17, 15) is 24.3 Å². The van der Waals surface area contributed by atoms with E-state index in [-0.39, 0.29) is 17.9 Å². The molecule has 0 bridgehead atoms. The van der Waals surface area contributed by atoms with E-state index in [0.29, 0.717) is 18.5 Å². The third kappa shape index (κ3) is 3.99. The van der Waals surface area contributed by atoms with Crippen LogP contribution in [-0.4, -0.2) is 44.4 Å². The Hall–Kier alpha value is -3.61. The summed E-state index contributed by atoms with van der Waals surface area (Å²) in [6.45, 7) is 2.08. The molecule has 152 valence electrons. The highest BCUT2D eigenvalue weighted by molar-refractivity contribution is 5.98. The van der Waals surface area contributed by atoms with Gasteiger partial charge in [0.05, 0.1) is 24.1 Å². The van der Waals surface area contributed by atoms with Crippen LogP contribution < -0.4 is 11.1 Å². The number of likely N-dealkylation sites (tertiary alicyclic amines) is 1. The number of nitriles is 1. The molecule has 1 aromatic carbocycles. The van der Waals surface area contributed by atoms with Crippen molar-refractivity contribution in [2.24, 2.45) is 11.7 Å². The summed E-state index contributed by atoms with van der Waals surface area (Å²) in [4.78, 5) is 24.7. The van der Waals surface area contributed by atoms with E-state index in [2.05, 4.69) is 16.5 Å². The summed E-state index contributed by atoms with van der Waals surface area (Å²) in [6.07, 6.45) is 1.25. The van der Waals surface area contributed by atoms with E-state index in [4.69, 9.17) is 5.73 Å². The SMILES string of the molecule is CCC1[C@H](C#N)[C@@H](n2cc(C(N)=O)c(Nc3ccc(F)cc3)n2)CCN1C(=O)O. The maximum absolute atomic E-state index is 13.1. The van der Waals surface area contributed by atoms with Crippen LogP contribution >= 0.6 is 0 Å². The van der Waals surface area contributed by atoms with Gasteiger partial charge in [0.1, 0.15) is 11.4 Å². The number of anilines is 2. The molecule has 0 aliphatic carbocycles. The van der Waals surface area contributed by atoms with Crippen LogP contribution in [0.3, 0.4) is 0 Å². The lowest BCUT2D eigenvalue weighted by Crippen LogP contribution is -2.51. The molecule has 4 N–H and O–H groups in total. The van der Waals surface area contributed by atoms with Gasteiger partial charge in [0.25, 0.3) is 5.91 Å². The number of rotatable bonds is 5. The molecule has 2 aromatic rings. The van der Waals surface area contributed by atoms with Gasteiger partial charge >= 0.3 is 6.09 Å². The lowest BCUT2D eigenvalue weighted by Gasteiger charge is -2.40. The molecule has 10 heteroatoms. The number of hydrogen-bond acceptors (Lipinski definition) is 5. The van der Waals surface area contributed by atoms with Crippen molar-refractivity contribution >= 4 is 23.5 Å². The molecule has 0 radical (unpaired) electrons. The summed E-state index contributed by atoms with van der Waals surface area (Å²) >= 11 is 0. The van der Waals surface area contributed by atoms with Gasteiger partial charge < -0.3 is 21.1 Å². The average Bonchev–Trinajstić information content (AvgIpc) is 3.12. The summed E-state index contributed by atoms with van der Waals surface area (Å²) in [6, 6.07) is 6.84. The Labute approximate surface area is 166 Å². The lowest BCUT2D eigenvalue weighted by molar-refractivity contribution is 0.0653. The molecule has 1 saturated heterocycles. The third-order valence-electron chi connectivity index (χ3n) is 5.15. The van der Waals surface area contributed by atoms with Crippen molar-refractivity contribution in [2.45, 2.75) is 31.8 Å². The second kappa shape index (κ2) is 8.18. The maximum atomic E-state index is 13.1. The fraction of sp³-hybridized carbons (Fsp3) is 0.368. The Kier molecular flexibility index (Phi) is 5.68. The van der Waals surface area contributed by atoms with Crippen LogP contribution in [0.15, 0.2) is 30.5 Å². The molecule has 2 heterocycles. The number of piperidine rings is 1. The minimum Gasteiger partial charge on any atom is -0.465 e. The molecular weight excluding hydrogens is 379 g/mol. The van der Waals surface area contributed by atoms with Gasteiger partial charge in [0.15, 0.2) is 5.82 Å². The first-order valence-corrected chi connectivity index (χ1v) is 9.16. The van der Waals surface area contributed by atoms with E-state index in [1.165, 1.54) is 40.0 Å². The Morgan fingerprint density at radius 2 is 2.10 bits per heavy atom. The first-order valence-electron chi connectivity index (χ1n) is 9.16. The van der Waals surface area contributed by atoms with Gasteiger partial charge in [-0.05, 0) is 37.1 Å². The molecule has 1 aromatic heterocycles. The summed E-state index contributed by atoms with van der Waals surface area (Å²) < 4.78 is 14.6. The molecular formula is C19H21FN6O3. The van der Waals surface area contributed by atoms with Crippen molar-refractivity contribution in [3.8, 4) is 6.07 Å². The molecule has 1 aliphatic heterocycles. The average molecular weight is 400 g/mol. The quantitative estimate of drug-likeness (QED) is 0.706. The second-order valence-corrected chi connectivity index (χ2v) is 6.83. The van der Waals surface area contributed by atoms with E-state index in [1.54, 1.807) is 0 Å². The first-order chi connectivity index (χ1) is 13.8. The zero-order valence-electron chi connectivity index (χ0n) is 15.7. The zero-order chi connectivity index (χ0) is 21.1. The predicted molar refractivity (Wildman–Crippen MR) is 102 cm³/mol. The molecule has 0 spiro atoms. The standard InChI is InChI=1S/C19H21FN6O3/c1-2-15-13(9-21)16(7-8-25(15)19(28)29)26-10-14(17(22)27)18(24-26)23-12-5-3-11(20)4-6-12/h3-6,10,13,15-16H,2,7-8H2,1H3,(H2,22,27)(H,23,24)(H,28,29)/t13-,15?,16-/m0/s1. The Morgan fingerprint density at radius 1 is 1.41 bits per heavy atom. The van der Waals surface area contributed by atoms with Gasteiger partial charge in [-0.25, -0.2) is 9.18 Å². The van der Waals surface area contributed by atoms with Crippen LogP contribution in [0.5, 0.6) is 0 Å². The summed E-state index contributed by atoms with van der Waals surface area (Å²) in [7, 11) is 0. The van der Waals surface area contributed by atoms with Crippen molar-refractivity contribution in [1.82, 2.24) is 14.7 Å². The number of nitrogens with two attached hydrogens (primary N) is 1. The van der Waals surface area contributed by atoms with E-state index in [0.717, 1.165) is 0 Å². The summed E-state index contributed by atoms with van der Waals surface area (Å²) in [5.41, 5.74) is 6.12. The van der Waals surface area contributed by atoms with E-state index < -0.39 is 35.8 Å². The number of carbonyl (C=O) groups excluding carboxylic acids is 1. The lowest BCUT2D eigenvalue weighted by atomic mass is 9.84. The van der Waals surface area contributed by atoms with Crippen LogP contribution in [0, 0.1) is 23.1 Å². The van der Waals surface area contributed by atoms with Gasteiger partial charge in [-0.3, -0.25) is 9.48 Å².